The van der Waals surface area contributed by atoms with Gasteiger partial charge in [-0.2, -0.15) is 0 Å². The van der Waals surface area contributed by atoms with Gasteiger partial charge in [0.2, 0.25) is 0 Å². The molecule has 3 nitrogen and oxygen atoms in total. The fraction of sp³-hybridized carbons (Fsp3) is 0. The van der Waals surface area contributed by atoms with E-state index in [0.717, 1.165) is 83.9 Å². The molecule has 1 aromatic heterocycles. The normalized spacial score (nSPS) is 11.8. The van der Waals surface area contributed by atoms with E-state index in [1.54, 1.807) is 0 Å². The summed E-state index contributed by atoms with van der Waals surface area (Å²) in [6.45, 7) is 0. The van der Waals surface area contributed by atoms with Crippen LogP contribution in [0.3, 0.4) is 0 Å². The molecule has 1 heterocycles. The highest BCUT2D eigenvalue weighted by molar-refractivity contribution is 6.13. The monoisotopic (exact) mass is 1280 g/mol. The standard InChI is InChI=1S/C98H63N3/c1-2-20-88(21-3-1)101-97-48-46-93(99(89-38-30-64(31-39-89)76-22-26-80-50-68-12-4-8-16-72(68)54-84(80)58-76)90-40-32-65(33-41-90)77-23-27-81-51-69-13-5-9-17-73(69)55-85(81)59-77)62-95(97)96-63-94(47-49-98(96)101)100(91-42-34-66(35-43-91)78-24-28-82-52-70-14-6-10-18-74(70)56-86(82)60-78)92-44-36-67(37-45-92)79-25-29-83-53-71-15-7-11-19-75(71)57-87(83)61-79/h1-63H. The molecule has 470 valence electrons. The molecule has 0 aliphatic heterocycles. The highest BCUT2D eigenvalue weighted by Gasteiger charge is 2.22. The summed E-state index contributed by atoms with van der Waals surface area (Å²) < 4.78 is 2.43. The van der Waals surface area contributed by atoms with Crippen LogP contribution in [0.4, 0.5) is 34.1 Å². The van der Waals surface area contributed by atoms with Gasteiger partial charge >= 0.3 is 0 Å². The number of hydrogen-bond donors (Lipinski definition) is 0. The molecule has 0 radical (unpaired) electrons. The highest BCUT2D eigenvalue weighted by Crippen LogP contribution is 2.45. The summed E-state index contributed by atoms with van der Waals surface area (Å²) in [5.41, 5.74) is 19.1. The summed E-state index contributed by atoms with van der Waals surface area (Å²) in [5.74, 6) is 0. The fourth-order valence-electron chi connectivity index (χ4n) is 15.7. The minimum atomic E-state index is 1.05. The molecule has 0 saturated heterocycles. The van der Waals surface area contributed by atoms with Gasteiger partial charge in [0.25, 0.3) is 0 Å². The molecule has 19 aromatic carbocycles. The van der Waals surface area contributed by atoms with Crippen LogP contribution in [-0.4, -0.2) is 4.57 Å². The van der Waals surface area contributed by atoms with Crippen molar-refractivity contribution in [3.63, 3.8) is 0 Å². The maximum absolute atomic E-state index is 2.43. The van der Waals surface area contributed by atoms with Crippen molar-refractivity contribution in [2.24, 2.45) is 0 Å². The van der Waals surface area contributed by atoms with E-state index in [1.807, 2.05) is 0 Å². The lowest BCUT2D eigenvalue weighted by molar-refractivity contribution is 1.18. The number of nitrogens with zero attached hydrogens (tertiary/aromatic N) is 3. The number of anilines is 6. The second-order valence-corrected chi connectivity index (χ2v) is 27.0. The number of benzene rings is 19. The lowest BCUT2D eigenvalue weighted by atomic mass is 9.98. The summed E-state index contributed by atoms with van der Waals surface area (Å²) in [6, 6.07) is 142. The molecular weight excluding hydrogens is 1220 g/mol. The van der Waals surface area contributed by atoms with Gasteiger partial charge in [-0.25, -0.2) is 0 Å². The van der Waals surface area contributed by atoms with Crippen molar-refractivity contribution < 1.29 is 0 Å². The van der Waals surface area contributed by atoms with E-state index in [2.05, 4.69) is 397 Å². The predicted molar refractivity (Wildman–Crippen MR) is 432 cm³/mol. The van der Waals surface area contributed by atoms with Gasteiger partial charge in [-0.1, -0.05) is 212 Å². The Bertz CT molecular complexity index is 5960. The second kappa shape index (κ2) is 23.7. The molecule has 0 amide bonds. The van der Waals surface area contributed by atoms with E-state index >= 15 is 0 Å². The molecule has 20 rings (SSSR count). The molecule has 0 atom stereocenters. The maximum Gasteiger partial charge on any atom is 0.0542 e. The molecule has 20 aromatic rings. The van der Waals surface area contributed by atoms with Crippen LogP contribution in [0.2, 0.25) is 0 Å². The van der Waals surface area contributed by atoms with Crippen LogP contribution in [0.1, 0.15) is 0 Å². The Morgan fingerprint density at radius 1 is 0.149 bits per heavy atom. The van der Waals surface area contributed by atoms with Gasteiger partial charge in [0, 0.05) is 50.6 Å². The quantitative estimate of drug-likeness (QED) is 0.120. The Hall–Kier alpha value is -13.3. The van der Waals surface area contributed by atoms with E-state index in [1.165, 1.54) is 108 Å². The Morgan fingerprint density at radius 2 is 0.366 bits per heavy atom. The van der Waals surface area contributed by atoms with Gasteiger partial charge in [-0.3, -0.25) is 0 Å². The molecule has 0 fully saturated rings. The van der Waals surface area contributed by atoms with Crippen LogP contribution in [-0.2, 0) is 0 Å². The van der Waals surface area contributed by atoms with Gasteiger partial charge < -0.3 is 14.4 Å². The van der Waals surface area contributed by atoms with Gasteiger partial charge in [0.05, 0.1) is 11.0 Å². The lowest BCUT2D eigenvalue weighted by Gasteiger charge is -2.26. The zero-order chi connectivity index (χ0) is 66.5. The number of para-hydroxylation sites is 1. The van der Waals surface area contributed by atoms with Crippen molar-refractivity contribution in [1.82, 2.24) is 4.57 Å². The topological polar surface area (TPSA) is 11.4 Å². The van der Waals surface area contributed by atoms with Gasteiger partial charge in [-0.05, 0) is 301 Å². The average molecular weight is 1280 g/mol. The molecule has 0 aliphatic rings. The molecule has 0 unspecified atom stereocenters. The third-order valence-electron chi connectivity index (χ3n) is 20.9. The van der Waals surface area contributed by atoms with Crippen LogP contribution in [0.15, 0.2) is 382 Å². The lowest BCUT2D eigenvalue weighted by Crippen LogP contribution is -2.10. The van der Waals surface area contributed by atoms with Crippen molar-refractivity contribution in [3.8, 4) is 50.2 Å². The van der Waals surface area contributed by atoms with E-state index in [4.69, 9.17) is 0 Å². The van der Waals surface area contributed by atoms with Crippen molar-refractivity contribution in [1.29, 1.82) is 0 Å². The van der Waals surface area contributed by atoms with Gasteiger partial charge in [-0.15, -0.1) is 0 Å². The van der Waals surface area contributed by atoms with E-state index in [-0.39, 0.29) is 0 Å². The van der Waals surface area contributed by atoms with Crippen molar-refractivity contribution >= 4 is 142 Å². The first-order valence-corrected chi connectivity index (χ1v) is 34.8. The first-order chi connectivity index (χ1) is 49.9. The number of hydrogen-bond acceptors (Lipinski definition) is 2. The third kappa shape index (κ3) is 10.4. The van der Waals surface area contributed by atoms with E-state index in [9.17, 15) is 0 Å². The van der Waals surface area contributed by atoms with Gasteiger partial charge in [0.15, 0.2) is 0 Å². The zero-order valence-corrected chi connectivity index (χ0v) is 55.2. The van der Waals surface area contributed by atoms with Crippen LogP contribution in [0.5, 0.6) is 0 Å². The second-order valence-electron chi connectivity index (χ2n) is 27.0. The van der Waals surface area contributed by atoms with Crippen molar-refractivity contribution in [2.75, 3.05) is 9.80 Å². The minimum absolute atomic E-state index is 1.05. The minimum Gasteiger partial charge on any atom is -0.310 e. The predicted octanol–water partition coefficient (Wildman–Crippen LogP) is 27.6. The number of rotatable bonds is 11. The Kier molecular flexibility index (Phi) is 13.6. The van der Waals surface area contributed by atoms with Crippen LogP contribution >= 0.6 is 0 Å². The smallest absolute Gasteiger partial charge is 0.0542 e. The van der Waals surface area contributed by atoms with Gasteiger partial charge in [0.1, 0.15) is 0 Å². The molecule has 0 N–H and O–H groups in total. The first-order valence-electron chi connectivity index (χ1n) is 34.8. The summed E-state index contributed by atoms with van der Waals surface area (Å²) >= 11 is 0. The molecule has 101 heavy (non-hydrogen) atoms. The SMILES string of the molecule is c1ccc(-n2c3ccc(N(c4ccc(-c5ccc6cc7ccccc7cc6c5)cc4)c4ccc(-c5ccc6cc7ccccc7cc6c5)cc4)cc3c3cc(N(c4ccc(-c5ccc6cc7ccccc7cc6c5)cc4)c4ccc(-c5ccc6cc7ccccc7cc6c5)cc4)ccc32)cc1. The first kappa shape index (κ1) is 57.9. The molecule has 3 heteroatoms. The summed E-state index contributed by atoms with van der Waals surface area (Å²) in [4.78, 5) is 4.85. The number of fused-ring (bicyclic) bond motifs is 11. The van der Waals surface area contributed by atoms with Crippen LogP contribution < -0.4 is 9.80 Å². The van der Waals surface area contributed by atoms with Crippen LogP contribution in [0.25, 0.3) is 158 Å². The largest absolute Gasteiger partial charge is 0.310 e. The molecule has 0 saturated carbocycles. The zero-order valence-electron chi connectivity index (χ0n) is 55.2. The Balaban J connectivity index is 0.727. The molecule has 0 bridgehead atoms. The third-order valence-corrected chi connectivity index (χ3v) is 20.9. The number of aromatic nitrogens is 1. The summed E-state index contributed by atoms with van der Waals surface area (Å²) in [5, 5.41) is 22.2. The average Bonchev–Trinajstić information content (AvgIpc) is 1.61. The highest BCUT2D eigenvalue weighted by atomic mass is 15.1. The molecular formula is C98H63N3. The van der Waals surface area contributed by atoms with Crippen molar-refractivity contribution in [2.45, 2.75) is 0 Å². The summed E-state index contributed by atoms with van der Waals surface area (Å²) in [7, 11) is 0. The molecule has 0 spiro atoms. The molecule has 0 aliphatic carbocycles. The maximum atomic E-state index is 2.43. The van der Waals surface area contributed by atoms with Crippen LogP contribution in [0, 0.1) is 0 Å². The van der Waals surface area contributed by atoms with Crippen molar-refractivity contribution in [3.05, 3.63) is 382 Å². The summed E-state index contributed by atoms with van der Waals surface area (Å²) in [6.07, 6.45) is 0. The van der Waals surface area contributed by atoms with E-state index < -0.39 is 0 Å². The van der Waals surface area contributed by atoms with E-state index in [0.29, 0.717) is 0 Å². The Morgan fingerprint density at radius 3 is 0.634 bits per heavy atom. The fourth-order valence-corrected chi connectivity index (χ4v) is 15.7. The Labute approximate surface area is 585 Å².